The van der Waals surface area contributed by atoms with Gasteiger partial charge >= 0.3 is 6.98 Å². The van der Waals surface area contributed by atoms with E-state index in [-0.39, 0.29) is 6.54 Å². The second kappa shape index (κ2) is 5.03. The first kappa shape index (κ1) is 12.6. The minimum atomic E-state index is -4.87. The SMILES string of the molecule is C=C(CN1CCCN(C)CC1)[B-](F)(F)F. The van der Waals surface area contributed by atoms with Crippen LogP contribution in [0.3, 0.4) is 0 Å². The molecule has 0 amide bonds. The van der Waals surface area contributed by atoms with Gasteiger partial charge in [0.15, 0.2) is 0 Å². The van der Waals surface area contributed by atoms with Crippen molar-refractivity contribution in [1.29, 1.82) is 0 Å². The van der Waals surface area contributed by atoms with Crippen molar-refractivity contribution in [2.24, 2.45) is 0 Å². The van der Waals surface area contributed by atoms with Gasteiger partial charge < -0.3 is 22.7 Å². The molecule has 1 saturated heterocycles. The first-order chi connectivity index (χ1) is 6.89. The van der Waals surface area contributed by atoms with Crippen LogP contribution in [-0.4, -0.2) is 56.5 Å². The van der Waals surface area contributed by atoms with Crippen molar-refractivity contribution < 1.29 is 12.9 Å². The average Bonchev–Trinajstić information content (AvgIpc) is 2.29. The summed E-state index contributed by atoms with van der Waals surface area (Å²) in [6, 6.07) is 0. The zero-order valence-corrected chi connectivity index (χ0v) is 9.06. The van der Waals surface area contributed by atoms with Crippen molar-refractivity contribution in [3.63, 3.8) is 0 Å². The van der Waals surface area contributed by atoms with E-state index in [1.54, 1.807) is 0 Å². The Bertz CT molecular complexity index is 230. The highest BCUT2D eigenvalue weighted by Gasteiger charge is 2.28. The Hall–Kier alpha value is -0.485. The minimum Gasteiger partial charge on any atom is -0.445 e. The molecule has 1 aliphatic heterocycles. The summed E-state index contributed by atoms with van der Waals surface area (Å²) >= 11 is 0. The molecule has 88 valence electrons. The van der Waals surface area contributed by atoms with Gasteiger partial charge in [0.2, 0.25) is 0 Å². The van der Waals surface area contributed by atoms with Crippen LogP contribution in [0.5, 0.6) is 0 Å². The highest BCUT2D eigenvalue weighted by molar-refractivity contribution is 6.66. The summed E-state index contributed by atoms with van der Waals surface area (Å²) in [6.07, 6.45) is 0.925. The number of rotatable bonds is 3. The Kier molecular flexibility index (Phi) is 4.22. The lowest BCUT2D eigenvalue weighted by molar-refractivity contribution is 0.294. The smallest absolute Gasteiger partial charge is 0.445 e. The van der Waals surface area contributed by atoms with Crippen LogP contribution in [0.1, 0.15) is 6.42 Å². The Labute approximate surface area is 88.8 Å². The molecule has 0 aliphatic carbocycles. The molecule has 6 heteroatoms. The maximum Gasteiger partial charge on any atom is 0.506 e. The lowest BCUT2D eigenvalue weighted by Crippen LogP contribution is -2.35. The summed E-state index contributed by atoms with van der Waals surface area (Å²) in [6.45, 7) is 1.43. The van der Waals surface area contributed by atoms with Gasteiger partial charge in [-0.3, -0.25) is 0 Å². The Morgan fingerprint density at radius 2 is 1.87 bits per heavy atom. The van der Waals surface area contributed by atoms with Crippen molar-refractivity contribution in [3.8, 4) is 0 Å². The van der Waals surface area contributed by atoms with Crippen LogP contribution in [0, 0.1) is 0 Å². The molecule has 0 N–H and O–H groups in total. The third kappa shape index (κ3) is 4.26. The van der Waals surface area contributed by atoms with Crippen LogP contribution < -0.4 is 0 Å². The molecule has 1 fully saturated rings. The highest BCUT2D eigenvalue weighted by Crippen LogP contribution is 2.19. The van der Waals surface area contributed by atoms with E-state index in [4.69, 9.17) is 0 Å². The molecule has 0 saturated carbocycles. The van der Waals surface area contributed by atoms with Crippen LogP contribution in [0.25, 0.3) is 0 Å². The number of hydrogen-bond donors (Lipinski definition) is 0. The molecule has 0 unspecified atom stereocenters. The van der Waals surface area contributed by atoms with Crippen molar-refractivity contribution in [3.05, 3.63) is 12.1 Å². The Morgan fingerprint density at radius 3 is 2.47 bits per heavy atom. The quantitative estimate of drug-likeness (QED) is 0.667. The maximum atomic E-state index is 12.3. The molecule has 0 bridgehead atoms. The molecule has 2 nitrogen and oxygen atoms in total. The van der Waals surface area contributed by atoms with E-state index >= 15 is 0 Å². The van der Waals surface area contributed by atoms with E-state index in [2.05, 4.69) is 11.5 Å². The van der Waals surface area contributed by atoms with Crippen molar-refractivity contribution in [2.75, 3.05) is 39.8 Å². The fourth-order valence-corrected chi connectivity index (χ4v) is 1.65. The second-order valence-electron chi connectivity index (χ2n) is 4.17. The van der Waals surface area contributed by atoms with Crippen LogP contribution in [0.15, 0.2) is 12.1 Å². The summed E-state index contributed by atoms with van der Waals surface area (Å²) in [7, 11) is 1.99. The van der Waals surface area contributed by atoms with Gasteiger partial charge in [0, 0.05) is 13.1 Å². The summed E-state index contributed by atoms with van der Waals surface area (Å²) in [5.74, 6) is 0. The molecule has 0 radical (unpaired) electrons. The van der Waals surface area contributed by atoms with Gasteiger partial charge in [-0.1, -0.05) is 0 Å². The van der Waals surface area contributed by atoms with Gasteiger partial charge in [-0.15, -0.1) is 12.1 Å². The lowest BCUT2D eigenvalue weighted by Gasteiger charge is -2.26. The second-order valence-corrected chi connectivity index (χ2v) is 4.17. The zero-order chi connectivity index (χ0) is 11.5. The monoisotopic (exact) mass is 221 g/mol. The van der Waals surface area contributed by atoms with E-state index in [0.29, 0.717) is 6.54 Å². The summed E-state index contributed by atoms with van der Waals surface area (Å²) in [4.78, 5) is 3.97. The van der Waals surface area contributed by atoms with Crippen LogP contribution in [-0.2, 0) is 0 Å². The lowest BCUT2D eigenvalue weighted by atomic mass is 9.80. The van der Waals surface area contributed by atoms with E-state index in [1.807, 2.05) is 11.9 Å². The Balaban J connectivity index is 2.41. The van der Waals surface area contributed by atoms with Crippen molar-refractivity contribution >= 4 is 6.98 Å². The first-order valence-corrected chi connectivity index (χ1v) is 5.18. The minimum absolute atomic E-state index is 0.0304. The van der Waals surface area contributed by atoms with Crippen LogP contribution >= 0.6 is 0 Å². The van der Waals surface area contributed by atoms with Crippen LogP contribution in [0.2, 0.25) is 0 Å². The zero-order valence-electron chi connectivity index (χ0n) is 9.06. The third-order valence-electron chi connectivity index (χ3n) is 2.70. The summed E-state index contributed by atoms with van der Waals surface area (Å²) in [5.41, 5.74) is -0.584. The van der Waals surface area contributed by atoms with Crippen LogP contribution in [0.4, 0.5) is 12.9 Å². The van der Waals surface area contributed by atoms with E-state index in [0.717, 1.165) is 26.1 Å². The van der Waals surface area contributed by atoms with Gasteiger partial charge in [0.05, 0.1) is 0 Å². The molecule has 15 heavy (non-hydrogen) atoms. The fraction of sp³-hybridized carbons (Fsp3) is 0.778. The number of nitrogens with zero attached hydrogens (tertiary/aromatic N) is 2. The van der Waals surface area contributed by atoms with E-state index in [1.165, 1.54) is 0 Å². The molecule has 1 aliphatic rings. The van der Waals surface area contributed by atoms with Gasteiger partial charge in [-0.2, -0.15) is 0 Å². The largest absolute Gasteiger partial charge is 0.506 e. The Morgan fingerprint density at radius 1 is 1.20 bits per heavy atom. The number of halogens is 3. The summed E-state index contributed by atoms with van der Waals surface area (Å²) in [5, 5.41) is 0. The predicted octanol–water partition coefficient (Wildman–Crippen LogP) is 1.57. The average molecular weight is 221 g/mol. The number of likely N-dealkylation sites (N-methyl/N-ethyl adjacent to an activating group) is 1. The molecule has 0 aromatic carbocycles. The highest BCUT2D eigenvalue weighted by atomic mass is 19.4. The molecule has 0 aromatic rings. The van der Waals surface area contributed by atoms with Gasteiger partial charge in [0.25, 0.3) is 0 Å². The molecular formula is C9H17BF3N2-. The molecule has 0 aromatic heterocycles. The topological polar surface area (TPSA) is 6.48 Å². The summed E-state index contributed by atoms with van der Waals surface area (Å²) < 4.78 is 36.9. The predicted molar refractivity (Wildman–Crippen MR) is 56.8 cm³/mol. The van der Waals surface area contributed by atoms with Gasteiger partial charge in [-0.05, 0) is 33.1 Å². The van der Waals surface area contributed by atoms with Gasteiger partial charge in [-0.25, -0.2) is 0 Å². The maximum absolute atomic E-state index is 12.3. The molecule has 1 heterocycles. The third-order valence-corrected chi connectivity index (χ3v) is 2.70. The first-order valence-electron chi connectivity index (χ1n) is 5.18. The molecule has 1 rings (SSSR count). The fourth-order valence-electron chi connectivity index (χ4n) is 1.65. The molecular weight excluding hydrogens is 204 g/mol. The van der Waals surface area contributed by atoms with Crippen molar-refractivity contribution in [2.45, 2.75) is 6.42 Å². The molecule has 0 spiro atoms. The number of hydrogen-bond acceptors (Lipinski definition) is 2. The molecule has 0 atom stereocenters. The van der Waals surface area contributed by atoms with E-state index in [9.17, 15) is 12.9 Å². The van der Waals surface area contributed by atoms with Crippen molar-refractivity contribution in [1.82, 2.24) is 9.80 Å². The van der Waals surface area contributed by atoms with Gasteiger partial charge in [0.1, 0.15) is 0 Å². The van der Waals surface area contributed by atoms with E-state index < -0.39 is 12.4 Å². The normalized spacial score (nSPS) is 21.3. The standard InChI is InChI=1S/C9H17BF3N2/c1-9(10(11,12)13)8-15-5-3-4-14(2)6-7-15/h1,3-8H2,2H3/q-1.